The molecule has 1 aliphatic heterocycles. The Labute approximate surface area is 185 Å². The fourth-order valence-corrected chi connectivity index (χ4v) is 4.26. The Morgan fingerprint density at radius 3 is 2.73 bits per heavy atom. The number of rotatable bonds is 6. The SMILES string of the molecule is COc1cccc(OC2=COC3CC(OCc4ccc(Cl)cc4Cl)CCC3C2=O)c1. The summed E-state index contributed by atoms with van der Waals surface area (Å²) in [5.41, 5.74) is 0.887. The lowest BCUT2D eigenvalue weighted by Crippen LogP contribution is -2.42. The van der Waals surface area contributed by atoms with E-state index in [1.807, 2.05) is 12.1 Å². The second-order valence-electron chi connectivity index (χ2n) is 7.39. The second kappa shape index (κ2) is 9.29. The highest BCUT2D eigenvalue weighted by molar-refractivity contribution is 6.35. The van der Waals surface area contributed by atoms with Crippen LogP contribution in [-0.2, 0) is 20.9 Å². The van der Waals surface area contributed by atoms with Crippen molar-refractivity contribution in [3.63, 3.8) is 0 Å². The molecule has 0 spiro atoms. The maximum absolute atomic E-state index is 12.9. The van der Waals surface area contributed by atoms with E-state index in [9.17, 15) is 4.79 Å². The number of hydrogen-bond acceptors (Lipinski definition) is 5. The smallest absolute Gasteiger partial charge is 0.207 e. The summed E-state index contributed by atoms with van der Waals surface area (Å²) in [5.74, 6) is 1.15. The van der Waals surface area contributed by atoms with Crippen LogP contribution in [0.5, 0.6) is 11.5 Å². The van der Waals surface area contributed by atoms with Crippen LogP contribution >= 0.6 is 23.2 Å². The number of methoxy groups -OCH3 is 1. The molecule has 1 fully saturated rings. The summed E-state index contributed by atoms with van der Waals surface area (Å²) in [5, 5.41) is 1.18. The average Bonchev–Trinajstić information content (AvgIpc) is 2.75. The largest absolute Gasteiger partial charge is 0.497 e. The lowest BCUT2D eigenvalue weighted by molar-refractivity contribution is -0.134. The van der Waals surface area contributed by atoms with Gasteiger partial charge in [-0.3, -0.25) is 4.79 Å². The first-order valence-corrected chi connectivity index (χ1v) is 10.6. The molecule has 2 aliphatic rings. The van der Waals surface area contributed by atoms with Crippen molar-refractivity contribution in [3.8, 4) is 11.5 Å². The molecule has 1 heterocycles. The van der Waals surface area contributed by atoms with Crippen LogP contribution in [0.2, 0.25) is 10.0 Å². The lowest BCUT2D eigenvalue weighted by atomic mass is 9.80. The van der Waals surface area contributed by atoms with Crippen LogP contribution in [0.1, 0.15) is 24.8 Å². The summed E-state index contributed by atoms with van der Waals surface area (Å²) in [6.45, 7) is 0.395. The Morgan fingerprint density at radius 2 is 1.93 bits per heavy atom. The summed E-state index contributed by atoms with van der Waals surface area (Å²) < 4.78 is 22.8. The highest BCUT2D eigenvalue weighted by Crippen LogP contribution is 2.36. The van der Waals surface area contributed by atoms with Gasteiger partial charge in [-0.2, -0.15) is 0 Å². The number of benzene rings is 2. The van der Waals surface area contributed by atoms with Crippen LogP contribution in [0.15, 0.2) is 54.5 Å². The van der Waals surface area contributed by atoms with Crippen molar-refractivity contribution >= 4 is 29.0 Å². The number of ketones is 1. The third kappa shape index (κ3) is 4.75. The molecule has 5 nitrogen and oxygen atoms in total. The van der Waals surface area contributed by atoms with Crippen LogP contribution in [0, 0.1) is 5.92 Å². The number of carbonyl (C=O) groups is 1. The van der Waals surface area contributed by atoms with E-state index in [1.165, 1.54) is 6.26 Å². The van der Waals surface area contributed by atoms with E-state index in [4.69, 9.17) is 42.1 Å². The van der Waals surface area contributed by atoms with Crippen molar-refractivity contribution in [3.05, 3.63) is 70.1 Å². The maximum Gasteiger partial charge on any atom is 0.207 e. The zero-order chi connectivity index (χ0) is 21.1. The Morgan fingerprint density at radius 1 is 1.10 bits per heavy atom. The topological polar surface area (TPSA) is 54.0 Å². The number of fused-ring (bicyclic) bond motifs is 1. The molecule has 3 unspecified atom stereocenters. The number of Topliss-reactive ketones (excluding diaryl/α,β-unsaturated/α-hetero) is 1. The minimum atomic E-state index is -0.227. The van der Waals surface area contributed by atoms with Gasteiger partial charge < -0.3 is 18.9 Å². The van der Waals surface area contributed by atoms with E-state index >= 15 is 0 Å². The van der Waals surface area contributed by atoms with Gasteiger partial charge in [0.25, 0.3) is 0 Å². The molecule has 30 heavy (non-hydrogen) atoms. The van der Waals surface area contributed by atoms with E-state index in [-0.39, 0.29) is 29.7 Å². The van der Waals surface area contributed by atoms with Crippen molar-refractivity contribution in [2.45, 2.75) is 38.1 Å². The van der Waals surface area contributed by atoms with Gasteiger partial charge in [-0.25, -0.2) is 0 Å². The molecule has 158 valence electrons. The number of ether oxygens (including phenoxy) is 4. The Kier molecular flexibility index (Phi) is 6.52. The summed E-state index contributed by atoms with van der Waals surface area (Å²) in [7, 11) is 1.58. The first-order chi connectivity index (χ1) is 14.5. The molecule has 2 aromatic rings. The molecule has 7 heteroatoms. The number of allylic oxidation sites excluding steroid dienone is 1. The Balaban J connectivity index is 1.36. The molecule has 0 aromatic heterocycles. The van der Waals surface area contributed by atoms with Crippen molar-refractivity contribution in [2.24, 2.45) is 5.92 Å². The van der Waals surface area contributed by atoms with Crippen molar-refractivity contribution in [1.82, 2.24) is 0 Å². The van der Waals surface area contributed by atoms with E-state index in [2.05, 4.69) is 0 Å². The van der Waals surface area contributed by atoms with Gasteiger partial charge in [0.2, 0.25) is 11.5 Å². The molecule has 1 saturated carbocycles. The third-order valence-corrected chi connectivity index (χ3v) is 6.02. The van der Waals surface area contributed by atoms with Gasteiger partial charge in [-0.1, -0.05) is 35.3 Å². The number of hydrogen-bond donors (Lipinski definition) is 0. The highest BCUT2D eigenvalue weighted by atomic mass is 35.5. The monoisotopic (exact) mass is 448 g/mol. The fraction of sp³-hybridized carbons (Fsp3) is 0.348. The molecule has 0 N–H and O–H groups in total. The molecule has 0 saturated heterocycles. The summed E-state index contributed by atoms with van der Waals surface area (Å²) in [4.78, 5) is 12.9. The maximum atomic E-state index is 12.9. The summed E-state index contributed by atoms with van der Waals surface area (Å²) >= 11 is 12.2. The standard InChI is InChI=1S/C23H22Cl2O5/c1-27-16-3-2-4-18(10-16)30-22-13-29-21-11-17(7-8-19(21)23(22)26)28-12-14-5-6-15(24)9-20(14)25/h2-6,9-10,13,17,19,21H,7-8,11-12H2,1H3. The number of carbonyl (C=O) groups excluding carboxylic acids is 1. The minimum Gasteiger partial charge on any atom is -0.497 e. The van der Waals surface area contributed by atoms with Crippen LogP contribution in [0.3, 0.4) is 0 Å². The van der Waals surface area contributed by atoms with Gasteiger partial charge in [0, 0.05) is 22.5 Å². The molecular weight excluding hydrogens is 427 g/mol. The van der Waals surface area contributed by atoms with E-state index in [0.29, 0.717) is 41.0 Å². The molecule has 1 aliphatic carbocycles. The summed E-state index contributed by atoms with van der Waals surface area (Å²) in [6, 6.07) is 12.5. The van der Waals surface area contributed by atoms with E-state index < -0.39 is 0 Å². The van der Waals surface area contributed by atoms with Gasteiger partial charge in [0.15, 0.2) is 0 Å². The van der Waals surface area contributed by atoms with Gasteiger partial charge in [0.05, 0.1) is 25.7 Å². The zero-order valence-corrected chi connectivity index (χ0v) is 18.0. The van der Waals surface area contributed by atoms with Crippen molar-refractivity contribution in [2.75, 3.05) is 7.11 Å². The Hall–Kier alpha value is -2.21. The van der Waals surface area contributed by atoms with E-state index in [0.717, 1.165) is 12.0 Å². The third-order valence-electron chi connectivity index (χ3n) is 5.43. The average molecular weight is 449 g/mol. The van der Waals surface area contributed by atoms with Gasteiger partial charge in [-0.05, 0) is 42.7 Å². The van der Waals surface area contributed by atoms with Crippen LogP contribution in [0.25, 0.3) is 0 Å². The zero-order valence-electron chi connectivity index (χ0n) is 16.5. The van der Waals surface area contributed by atoms with Crippen molar-refractivity contribution in [1.29, 1.82) is 0 Å². The van der Waals surface area contributed by atoms with Gasteiger partial charge in [0.1, 0.15) is 23.9 Å². The molecule has 0 bridgehead atoms. The van der Waals surface area contributed by atoms with Crippen molar-refractivity contribution < 1.29 is 23.7 Å². The molecule has 0 amide bonds. The van der Waals surface area contributed by atoms with Crippen LogP contribution in [-0.4, -0.2) is 25.1 Å². The predicted octanol–water partition coefficient (Wildman–Crippen LogP) is 5.58. The normalized spacial score (nSPS) is 23.2. The molecule has 4 rings (SSSR count). The predicted molar refractivity (Wildman–Crippen MR) is 114 cm³/mol. The van der Waals surface area contributed by atoms with Gasteiger partial charge >= 0.3 is 0 Å². The quantitative estimate of drug-likeness (QED) is 0.577. The molecule has 0 radical (unpaired) electrons. The summed E-state index contributed by atoms with van der Waals surface area (Å²) in [6.07, 6.45) is 3.30. The fourth-order valence-electron chi connectivity index (χ4n) is 3.80. The Bertz CT molecular complexity index is 958. The van der Waals surface area contributed by atoms with Crippen LogP contribution in [0.4, 0.5) is 0 Å². The second-order valence-corrected chi connectivity index (χ2v) is 8.23. The number of halogens is 2. The molecule has 2 aromatic carbocycles. The lowest BCUT2D eigenvalue weighted by Gasteiger charge is -2.37. The van der Waals surface area contributed by atoms with E-state index in [1.54, 1.807) is 37.4 Å². The van der Waals surface area contributed by atoms with Gasteiger partial charge in [-0.15, -0.1) is 0 Å². The first kappa shape index (κ1) is 21.0. The first-order valence-electron chi connectivity index (χ1n) is 9.81. The highest BCUT2D eigenvalue weighted by Gasteiger charge is 2.41. The minimum absolute atomic E-state index is 0.0000441. The molecular formula is C23H22Cl2O5. The van der Waals surface area contributed by atoms with Crippen LogP contribution < -0.4 is 9.47 Å². The molecule has 3 atom stereocenters.